The van der Waals surface area contributed by atoms with Crippen molar-refractivity contribution in [2.45, 2.75) is 18.7 Å². The van der Waals surface area contributed by atoms with E-state index in [9.17, 15) is 27.6 Å². The number of carbonyl (C=O) groups is 4. The lowest BCUT2D eigenvalue weighted by Gasteiger charge is -2.08. The van der Waals surface area contributed by atoms with Gasteiger partial charge >= 0.3 is 11.9 Å². The molecule has 0 fully saturated rings. The van der Waals surface area contributed by atoms with Gasteiger partial charge in [-0.15, -0.1) is 0 Å². The molecule has 32 heavy (non-hydrogen) atoms. The largest absolute Gasteiger partial charge is 0.456 e. The van der Waals surface area contributed by atoms with E-state index in [0.717, 1.165) is 5.56 Å². The highest BCUT2D eigenvalue weighted by Gasteiger charge is 2.16. The van der Waals surface area contributed by atoms with Crippen molar-refractivity contribution in [2.75, 3.05) is 19.7 Å². The fourth-order valence-electron chi connectivity index (χ4n) is 2.35. The van der Waals surface area contributed by atoms with E-state index >= 15 is 0 Å². The minimum Gasteiger partial charge on any atom is -0.456 e. The lowest BCUT2D eigenvalue weighted by atomic mass is 10.1. The van der Waals surface area contributed by atoms with Crippen molar-refractivity contribution in [3.05, 3.63) is 59.7 Å². The average molecular weight is 462 g/mol. The van der Waals surface area contributed by atoms with Crippen molar-refractivity contribution in [1.82, 2.24) is 10.0 Å². The van der Waals surface area contributed by atoms with E-state index in [1.165, 1.54) is 43.3 Å². The second-order valence-electron chi connectivity index (χ2n) is 6.62. The summed E-state index contributed by atoms with van der Waals surface area (Å²) in [5, 5.41) is 2.20. The summed E-state index contributed by atoms with van der Waals surface area (Å²) in [6, 6.07) is 11.7. The third-order valence-electron chi connectivity index (χ3n) is 3.99. The van der Waals surface area contributed by atoms with Crippen molar-refractivity contribution in [2.24, 2.45) is 0 Å². The van der Waals surface area contributed by atoms with Crippen LogP contribution in [-0.2, 0) is 29.1 Å². The van der Waals surface area contributed by atoms with Crippen LogP contribution in [0.1, 0.15) is 22.8 Å². The van der Waals surface area contributed by atoms with Crippen LogP contribution < -0.4 is 14.8 Å². The first-order valence-electron chi connectivity index (χ1n) is 9.37. The van der Waals surface area contributed by atoms with Crippen LogP contribution >= 0.6 is 0 Å². The van der Waals surface area contributed by atoms with Gasteiger partial charge in [-0.05, 0) is 43.3 Å². The molecule has 11 heteroatoms. The minimum absolute atomic E-state index is 0.00899. The van der Waals surface area contributed by atoms with Crippen molar-refractivity contribution in [1.29, 1.82) is 0 Å². The number of nitrogens with one attached hydrogen (secondary N) is 2. The van der Waals surface area contributed by atoms with E-state index in [-0.39, 0.29) is 16.2 Å². The first-order chi connectivity index (χ1) is 15.1. The average Bonchev–Trinajstić information content (AvgIpc) is 2.75. The lowest BCUT2D eigenvalue weighted by molar-refractivity contribution is -0.142. The first-order valence-corrected chi connectivity index (χ1v) is 10.9. The van der Waals surface area contributed by atoms with Gasteiger partial charge in [0.15, 0.2) is 12.4 Å². The van der Waals surface area contributed by atoms with Gasteiger partial charge in [0.1, 0.15) is 12.3 Å². The number of amides is 1. The molecule has 2 rings (SSSR count). The number of Topliss-reactive ketones (excluding diaryl/α,β-unsaturated/α-hetero) is 1. The summed E-state index contributed by atoms with van der Waals surface area (Å²) in [5.41, 5.74) is 1.13. The molecule has 0 aliphatic rings. The van der Waals surface area contributed by atoms with Gasteiger partial charge in [0.25, 0.3) is 0 Å². The molecule has 1 amide bonds. The van der Waals surface area contributed by atoms with Gasteiger partial charge in [0.05, 0.1) is 11.4 Å². The molecule has 0 aliphatic carbocycles. The predicted octanol–water partition coefficient (Wildman–Crippen LogP) is 0.741. The standard InChI is InChI=1S/C21H22N2O8S/c1-14-3-9-18(10-4-14)32(28,29)23-11-20(26)22-12-21(27)30-13-19(25)16-5-7-17(8-6-16)31-15(2)24/h3-10,23H,11-13H2,1-2H3,(H,22,26). The molecule has 0 unspecified atom stereocenters. The van der Waals surface area contributed by atoms with Gasteiger partial charge in [-0.1, -0.05) is 17.7 Å². The number of ether oxygens (including phenoxy) is 2. The molecule has 0 radical (unpaired) electrons. The Hall–Kier alpha value is -3.57. The summed E-state index contributed by atoms with van der Waals surface area (Å²) in [4.78, 5) is 46.5. The molecule has 2 aromatic carbocycles. The fraction of sp³-hybridized carbons (Fsp3) is 0.238. The third-order valence-corrected chi connectivity index (χ3v) is 5.40. The van der Waals surface area contributed by atoms with Gasteiger partial charge in [0.2, 0.25) is 15.9 Å². The van der Waals surface area contributed by atoms with Gasteiger partial charge < -0.3 is 14.8 Å². The first kappa shape index (κ1) is 24.7. The molecule has 10 nitrogen and oxygen atoms in total. The van der Waals surface area contributed by atoms with Crippen LogP contribution in [0, 0.1) is 6.92 Å². The smallest absolute Gasteiger partial charge is 0.325 e. The maximum absolute atomic E-state index is 12.1. The number of benzene rings is 2. The van der Waals surface area contributed by atoms with E-state index < -0.39 is 53.3 Å². The van der Waals surface area contributed by atoms with Crippen LogP contribution in [0.25, 0.3) is 0 Å². The Morgan fingerprint density at radius 1 is 0.906 bits per heavy atom. The van der Waals surface area contributed by atoms with Crippen LogP contribution in [-0.4, -0.2) is 51.7 Å². The van der Waals surface area contributed by atoms with Crippen molar-refractivity contribution >= 4 is 33.7 Å². The number of rotatable bonds is 10. The van der Waals surface area contributed by atoms with Crippen LogP contribution in [0.3, 0.4) is 0 Å². The molecule has 0 aliphatic heterocycles. The molecular weight excluding hydrogens is 440 g/mol. The second-order valence-corrected chi connectivity index (χ2v) is 8.38. The third kappa shape index (κ3) is 7.93. The Balaban J connectivity index is 1.73. The van der Waals surface area contributed by atoms with Crippen LogP contribution in [0.15, 0.2) is 53.4 Å². The van der Waals surface area contributed by atoms with Crippen LogP contribution in [0.2, 0.25) is 0 Å². The van der Waals surface area contributed by atoms with E-state index in [2.05, 4.69) is 10.0 Å². The quantitative estimate of drug-likeness (QED) is 0.299. The highest BCUT2D eigenvalue weighted by molar-refractivity contribution is 7.89. The SMILES string of the molecule is CC(=O)Oc1ccc(C(=O)COC(=O)CNC(=O)CNS(=O)(=O)c2ccc(C)cc2)cc1. The number of hydrogen-bond donors (Lipinski definition) is 2. The van der Waals surface area contributed by atoms with E-state index in [4.69, 9.17) is 9.47 Å². The van der Waals surface area contributed by atoms with Crippen LogP contribution in [0.5, 0.6) is 5.75 Å². The van der Waals surface area contributed by atoms with Crippen LogP contribution in [0.4, 0.5) is 0 Å². The van der Waals surface area contributed by atoms with Crippen molar-refractivity contribution < 1.29 is 37.1 Å². The molecule has 2 aromatic rings. The van der Waals surface area contributed by atoms with E-state index in [0.29, 0.717) is 0 Å². The van der Waals surface area contributed by atoms with Gasteiger partial charge in [-0.25, -0.2) is 13.1 Å². The molecule has 0 saturated carbocycles. The Morgan fingerprint density at radius 3 is 2.12 bits per heavy atom. The summed E-state index contributed by atoms with van der Waals surface area (Å²) < 4.78 is 36.0. The molecule has 0 spiro atoms. The Kier molecular flexibility index (Phi) is 8.62. The van der Waals surface area contributed by atoms with Gasteiger partial charge in [0, 0.05) is 12.5 Å². The summed E-state index contributed by atoms with van der Waals surface area (Å²) >= 11 is 0. The molecule has 0 aromatic heterocycles. The number of esters is 2. The zero-order chi connectivity index (χ0) is 23.7. The molecule has 0 saturated heterocycles. The predicted molar refractivity (Wildman–Crippen MR) is 112 cm³/mol. The monoisotopic (exact) mass is 462 g/mol. The second kappa shape index (κ2) is 11.2. The normalized spacial score (nSPS) is 10.8. The Bertz CT molecular complexity index is 1090. The molecule has 0 atom stereocenters. The van der Waals surface area contributed by atoms with E-state index in [1.807, 2.05) is 6.92 Å². The van der Waals surface area contributed by atoms with Gasteiger partial charge in [-0.3, -0.25) is 19.2 Å². The summed E-state index contributed by atoms with van der Waals surface area (Å²) in [5.74, 6) is -2.34. The highest BCUT2D eigenvalue weighted by atomic mass is 32.2. The minimum atomic E-state index is -3.87. The summed E-state index contributed by atoms with van der Waals surface area (Å²) in [6.45, 7) is 1.39. The Morgan fingerprint density at radius 2 is 1.53 bits per heavy atom. The summed E-state index contributed by atoms with van der Waals surface area (Å²) in [7, 11) is -3.87. The molecule has 0 heterocycles. The van der Waals surface area contributed by atoms with Gasteiger partial charge in [-0.2, -0.15) is 0 Å². The maximum atomic E-state index is 12.1. The zero-order valence-corrected chi connectivity index (χ0v) is 18.2. The number of sulfonamides is 1. The number of ketones is 1. The number of aryl methyl sites for hydroxylation is 1. The molecule has 0 bridgehead atoms. The van der Waals surface area contributed by atoms with Crippen molar-refractivity contribution in [3.8, 4) is 5.75 Å². The fourth-order valence-corrected chi connectivity index (χ4v) is 3.33. The molecule has 170 valence electrons. The van der Waals surface area contributed by atoms with E-state index in [1.54, 1.807) is 12.1 Å². The highest BCUT2D eigenvalue weighted by Crippen LogP contribution is 2.13. The summed E-state index contributed by atoms with van der Waals surface area (Å²) in [6.07, 6.45) is 0. The number of hydrogen-bond acceptors (Lipinski definition) is 8. The topological polar surface area (TPSA) is 145 Å². The maximum Gasteiger partial charge on any atom is 0.325 e. The van der Waals surface area contributed by atoms with Crippen molar-refractivity contribution in [3.63, 3.8) is 0 Å². The molecular formula is C21H22N2O8S. The lowest BCUT2D eigenvalue weighted by Crippen LogP contribution is -2.39. The molecule has 2 N–H and O–H groups in total. The Labute approximate surface area is 185 Å². The zero-order valence-electron chi connectivity index (χ0n) is 17.4. The number of carbonyl (C=O) groups excluding carboxylic acids is 4.